The molecule has 0 amide bonds. The van der Waals surface area contributed by atoms with Gasteiger partial charge in [-0.15, -0.1) is 0 Å². The van der Waals surface area contributed by atoms with Gasteiger partial charge in [-0.25, -0.2) is 9.59 Å². The van der Waals surface area contributed by atoms with Gasteiger partial charge < -0.3 is 30.3 Å². The summed E-state index contributed by atoms with van der Waals surface area (Å²) in [5.74, 6) is -2.25. The molecule has 1 fully saturated rings. The third-order valence-corrected chi connectivity index (χ3v) is 4.14. The zero-order valence-electron chi connectivity index (χ0n) is 15.0. The van der Waals surface area contributed by atoms with Crippen LogP contribution in [-0.4, -0.2) is 53.7 Å². The molecular formula is C18H26N2O6. The third kappa shape index (κ3) is 4.86. The van der Waals surface area contributed by atoms with Crippen LogP contribution in [0.2, 0.25) is 0 Å². The summed E-state index contributed by atoms with van der Waals surface area (Å²) in [6, 6.07) is 0. The second-order valence-corrected chi connectivity index (χ2v) is 6.61. The smallest absolute Gasteiger partial charge is 0.337 e. The minimum absolute atomic E-state index is 0.231. The Labute approximate surface area is 152 Å². The summed E-state index contributed by atoms with van der Waals surface area (Å²) in [6.07, 6.45) is 7.10. The number of carboxylic acids is 2. The highest BCUT2D eigenvalue weighted by Crippen LogP contribution is 2.33. The van der Waals surface area contributed by atoms with E-state index in [9.17, 15) is 14.7 Å². The van der Waals surface area contributed by atoms with Crippen LogP contribution in [0.1, 0.15) is 26.7 Å². The summed E-state index contributed by atoms with van der Waals surface area (Å²) >= 11 is 0. The molecule has 0 aromatic heterocycles. The minimum Gasteiger partial charge on any atom is -0.492 e. The molecule has 4 N–H and O–H groups in total. The van der Waals surface area contributed by atoms with Gasteiger partial charge in [-0.3, -0.25) is 0 Å². The molecule has 0 aromatic carbocycles. The van der Waals surface area contributed by atoms with E-state index in [0.717, 1.165) is 25.9 Å². The lowest BCUT2D eigenvalue weighted by Gasteiger charge is -2.39. The molecule has 0 bridgehead atoms. The molecule has 144 valence electrons. The van der Waals surface area contributed by atoms with Gasteiger partial charge in [0, 0.05) is 18.5 Å². The maximum absolute atomic E-state index is 11.8. The van der Waals surface area contributed by atoms with Crippen molar-refractivity contribution in [3.63, 3.8) is 0 Å². The van der Waals surface area contributed by atoms with E-state index in [-0.39, 0.29) is 11.9 Å². The first-order valence-electron chi connectivity index (χ1n) is 8.70. The van der Waals surface area contributed by atoms with E-state index in [1.807, 2.05) is 0 Å². The molecule has 1 unspecified atom stereocenters. The van der Waals surface area contributed by atoms with Crippen LogP contribution in [-0.2, 0) is 19.1 Å². The van der Waals surface area contributed by atoms with Gasteiger partial charge in [0.15, 0.2) is 5.76 Å². The van der Waals surface area contributed by atoms with E-state index in [0.29, 0.717) is 18.6 Å². The fourth-order valence-electron chi connectivity index (χ4n) is 3.07. The Morgan fingerprint density at radius 3 is 2.77 bits per heavy atom. The number of carbonyl (C=O) groups is 2. The lowest BCUT2D eigenvalue weighted by Crippen LogP contribution is -2.54. The van der Waals surface area contributed by atoms with Crippen molar-refractivity contribution in [1.29, 1.82) is 0 Å². The molecule has 26 heavy (non-hydrogen) atoms. The molecule has 8 nitrogen and oxygen atoms in total. The number of aliphatic carboxylic acids is 2. The normalized spacial score (nSPS) is 26.2. The zero-order valence-corrected chi connectivity index (χ0v) is 15.0. The molecule has 0 aliphatic carbocycles. The van der Waals surface area contributed by atoms with Crippen molar-refractivity contribution in [2.45, 2.75) is 38.5 Å². The molecule has 2 rings (SSSR count). The number of carboxylic acid groups (broad SMARTS) is 2. The summed E-state index contributed by atoms with van der Waals surface area (Å²) in [4.78, 5) is 23.0. The lowest BCUT2D eigenvalue weighted by atomic mass is 9.96. The summed E-state index contributed by atoms with van der Waals surface area (Å²) in [5.41, 5.74) is -2.15. The van der Waals surface area contributed by atoms with Crippen LogP contribution in [0.15, 0.2) is 35.8 Å². The quantitative estimate of drug-likeness (QED) is 0.474. The molecule has 2 atom stereocenters. The van der Waals surface area contributed by atoms with E-state index in [1.54, 1.807) is 26.0 Å². The number of ether oxygens (including phenoxy) is 2. The van der Waals surface area contributed by atoms with Crippen LogP contribution in [0.3, 0.4) is 0 Å². The molecule has 0 spiro atoms. The van der Waals surface area contributed by atoms with Crippen molar-refractivity contribution >= 4 is 11.9 Å². The average Bonchev–Trinajstić information content (AvgIpc) is 2.59. The second-order valence-electron chi connectivity index (χ2n) is 6.61. The fraction of sp³-hybridized carbons (Fsp3) is 0.556. The van der Waals surface area contributed by atoms with E-state index >= 15 is 0 Å². The predicted molar refractivity (Wildman–Crippen MR) is 94.2 cm³/mol. The number of allylic oxidation sites excluding steroid dienone is 2. The number of hydrogen-bond donors (Lipinski definition) is 4. The summed E-state index contributed by atoms with van der Waals surface area (Å²) in [6.45, 7) is 5.67. The van der Waals surface area contributed by atoms with Crippen LogP contribution in [0.4, 0.5) is 0 Å². The molecule has 2 aliphatic heterocycles. The van der Waals surface area contributed by atoms with Crippen LogP contribution < -0.4 is 10.6 Å². The number of nitrogens with one attached hydrogen (secondary N) is 2. The first-order valence-corrected chi connectivity index (χ1v) is 8.70. The van der Waals surface area contributed by atoms with Crippen molar-refractivity contribution < 1.29 is 29.3 Å². The number of piperidine rings is 1. The molecule has 1 saturated heterocycles. The molecule has 0 radical (unpaired) electrons. The molecular weight excluding hydrogens is 340 g/mol. The van der Waals surface area contributed by atoms with E-state index in [1.165, 1.54) is 6.20 Å². The van der Waals surface area contributed by atoms with Crippen molar-refractivity contribution in [3.05, 3.63) is 35.8 Å². The Morgan fingerprint density at radius 1 is 1.42 bits per heavy atom. The monoisotopic (exact) mass is 366 g/mol. The fourth-order valence-corrected chi connectivity index (χ4v) is 3.07. The summed E-state index contributed by atoms with van der Waals surface area (Å²) in [7, 11) is 0. The minimum atomic E-state index is -1.70. The van der Waals surface area contributed by atoms with Gasteiger partial charge in [0.2, 0.25) is 5.72 Å². The van der Waals surface area contributed by atoms with Crippen molar-refractivity contribution in [2.24, 2.45) is 5.92 Å². The topological polar surface area (TPSA) is 117 Å². The third-order valence-electron chi connectivity index (χ3n) is 4.14. The van der Waals surface area contributed by atoms with Gasteiger partial charge in [0.25, 0.3) is 0 Å². The van der Waals surface area contributed by atoms with Crippen molar-refractivity contribution in [1.82, 2.24) is 10.6 Å². The lowest BCUT2D eigenvalue weighted by molar-refractivity contribution is -0.141. The SMILES string of the molecule is CC(C)O[C@]1(/C(=C\C(=O)O)C(=O)O)NC=CC=C1OCC1CCCNC1. The average molecular weight is 366 g/mol. The van der Waals surface area contributed by atoms with Gasteiger partial charge in [-0.05, 0) is 51.6 Å². The Morgan fingerprint density at radius 2 is 2.19 bits per heavy atom. The van der Waals surface area contributed by atoms with E-state index in [4.69, 9.17) is 14.6 Å². The highest BCUT2D eigenvalue weighted by molar-refractivity contribution is 5.97. The maximum atomic E-state index is 11.8. The highest BCUT2D eigenvalue weighted by atomic mass is 16.6. The molecule has 8 heteroatoms. The van der Waals surface area contributed by atoms with Crippen molar-refractivity contribution in [2.75, 3.05) is 19.7 Å². The van der Waals surface area contributed by atoms with Crippen LogP contribution in [0, 0.1) is 5.92 Å². The van der Waals surface area contributed by atoms with Crippen molar-refractivity contribution in [3.8, 4) is 0 Å². The molecule has 2 heterocycles. The van der Waals surface area contributed by atoms with Gasteiger partial charge in [0.1, 0.15) is 5.57 Å². The molecule has 0 aromatic rings. The summed E-state index contributed by atoms with van der Waals surface area (Å²) in [5, 5.41) is 24.9. The van der Waals surface area contributed by atoms with Gasteiger partial charge in [-0.1, -0.05) is 0 Å². The van der Waals surface area contributed by atoms with Crippen LogP contribution in [0.5, 0.6) is 0 Å². The maximum Gasteiger partial charge on any atom is 0.337 e. The van der Waals surface area contributed by atoms with E-state index < -0.39 is 23.2 Å². The standard InChI is InChI=1S/C18H26N2O6/c1-12(2)26-18(14(17(23)24)9-16(21)22)15(6-4-8-20-18)25-11-13-5-3-7-19-10-13/h4,6,8-9,12-13,19-20H,3,5,7,10-11H2,1-2H3,(H,21,22)(H,23,24)/b14-9-/t13?,18-/m0/s1. The molecule has 2 aliphatic rings. The summed E-state index contributed by atoms with van der Waals surface area (Å²) < 4.78 is 11.8. The Balaban J connectivity index is 2.33. The van der Waals surface area contributed by atoms with Gasteiger partial charge in [-0.2, -0.15) is 0 Å². The second kappa shape index (κ2) is 8.86. The van der Waals surface area contributed by atoms with E-state index in [2.05, 4.69) is 10.6 Å². The first kappa shape index (κ1) is 20.0. The number of rotatable bonds is 8. The predicted octanol–water partition coefficient (Wildman–Crippen LogP) is 1.22. The largest absolute Gasteiger partial charge is 0.492 e. The zero-order chi connectivity index (χ0) is 19.2. The van der Waals surface area contributed by atoms with Crippen LogP contribution >= 0.6 is 0 Å². The highest BCUT2D eigenvalue weighted by Gasteiger charge is 2.46. The number of hydrogen-bond acceptors (Lipinski definition) is 6. The Hall–Kier alpha value is -2.32. The van der Waals surface area contributed by atoms with Gasteiger partial charge >= 0.3 is 11.9 Å². The van der Waals surface area contributed by atoms with Crippen LogP contribution in [0.25, 0.3) is 0 Å². The number of dihydropyridines is 1. The van der Waals surface area contributed by atoms with Gasteiger partial charge in [0.05, 0.1) is 12.7 Å². The molecule has 0 saturated carbocycles. The Kier molecular flexibility index (Phi) is 6.82. The Bertz CT molecular complexity index is 619. The first-order chi connectivity index (χ1) is 12.3.